The van der Waals surface area contributed by atoms with E-state index in [0.29, 0.717) is 15.6 Å². The molecule has 0 bridgehead atoms. The molecule has 0 unspecified atom stereocenters. The molecule has 10 nitrogen and oxygen atoms in total. The van der Waals surface area contributed by atoms with Crippen molar-refractivity contribution in [3.05, 3.63) is 94.2 Å². The largest absolute Gasteiger partial charge is 0.439 e. The van der Waals surface area contributed by atoms with Crippen molar-refractivity contribution in [1.82, 2.24) is 25.1 Å². The van der Waals surface area contributed by atoms with Crippen LogP contribution in [0.1, 0.15) is 15.9 Å². The van der Waals surface area contributed by atoms with Crippen molar-refractivity contribution in [2.45, 2.75) is 16.6 Å². The number of pyridine rings is 1. The number of nitro groups is 1. The first-order valence-corrected chi connectivity index (χ1v) is 10.7. The average Bonchev–Trinajstić information content (AvgIpc) is 3.22. The highest BCUT2D eigenvalue weighted by molar-refractivity contribution is 7.99. The number of hydrogen-bond donors (Lipinski definition) is 1. The van der Waals surface area contributed by atoms with Gasteiger partial charge < -0.3 is 14.6 Å². The summed E-state index contributed by atoms with van der Waals surface area (Å²) < 4.78 is 20.7. The van der Waals surface area contributed by atoms with Crippen molar-refractivity contribution in [1.29, 1.82) is 0 Å². The summed E-state index contributed by atoms with van der Waals surface area (Å²) in [6.07, 6.45) is 3.00. The molecule has 2 aromatic heterocycles. The molecule has 1 N–H and O–H groups in total. The lowest BCUT2D eigenvalue weighted by atomic mass is 10.2. The number of rotatable bonds is 8. The highest BCUT2D eigenvalue weighted by Crippen LogP contribution is 2.34. The molecule has 0 fully saturated rings. The van der Waals surface area contributed by atoms with Gasteiger partial charge >= 0.3 is 0 Å². The number of amides is 1. The summed E-state index contributed by atoms with van der Waals surface area (Å²) in [5.74, 6) is -0.503. The van der Waals surface area contributed by atoms with E-state index >= 15 is 0 Å². The summed E-state index contributed by atoms with van der Waals surface area (Å²) in [6.45, 7) is 0.0422. The molecule has 0 radical (unpaired) electrons. The minimum Gasteiger partial charge on any atom is -0.439 e. The van der Waals surface area contributed by atoms with E-state index < -0.39 is 16.6 Å². The zero-order chi connectivity index (χ0) is 24.1. The Morgan fingerprint density at radius 3 is 2.82 bits per heavy atom. The van der Waals surface area contributed by atoms with Gasteiger partial charge in [0.1, 0.15) is 17.9 Å². The highest BCUT2D eigenvalue weighted by Gasteiger charge is 2.20. The van der Waals surface area contributed by atoms with Crippen LogP contribution in [-0.2, 0) is 13.6 Å². The first-order chi connectivity index (χ1) is 16.4. The number of nitrogens with zero attached hydrogens (tertiary/aromatic N) is 5. The Kier molecular flexibility index (Phi) is 6.78. The maximum absolute atomic E-state index is 13.4. The molecule has 0 saturated carbocycles. The minimum atomic E-state index is -0.554. The standard InChI is InChI=1S/C22H17FN6O4S/c1-28-13-26-27-22(28)34-19-8-7-14(10-18(19)29(31)32)20(30)25-12-15-4-3-9-24-21(15)33-17-6-2-5-16(23)11-17/h2-11,13H,12H2,1H3,(H,25,30). The van der Waals surface area contributed by atoms with Gasteiger partial charge in [-0.25, -0.2) is 9.37 Å². The zero-order valence-electron chi connectivity index (χ0n) is 17.7. The van der Waals surface area contributed by atoms with Gasteiger partial charge in [-0.15, -0.1) is 10.2 Å². The molecule has 0 aliphatic heterocycles. The van der Waals surface area contributed by atoms with Crippen LogP contribution < -0.4 is 10.1 Å². The van der Waals surface area contributed by atoms with E-state index in [1.807, 2.05) is 0 Å². The van der Waals surface area contributed by atoms with Gasteiger partial charge in [0.25, 0.3) is 11.6 Å². The number of hydrogen-bond acceptors (Lipinski definition) is 8. The van der Waals surface area contributed by atoms with Crippen molar-refractivity contribution in [3.8, 4) is 11.6 Å². The van der Waals surface area contributed by atoms with E-state index in [2.05, 4.69) is 20.5 Å². The van der Waals surface area contributed by atoms with Crippen molar-refractivity contribution < 1.29 is 18.8 Å². The van der Waals surface area contributed by atoms with Crippen LogP contribution in [0.15, 0.2) is 77.2 Å². The predicted molar refractivity (Wildman–Crippen MR) is 120 cm³/mol. The van der Waals surface area contributed by atoms with Crippen LogP contribution in [0, 0.1) is 15.9 Å². The second-order valence-electron chi connectivity index (χ2n) is 6.98. The highest BCUT2D eigenvalue weighted by atomic mass is 32.2. The van der Waals surface area contributed by atoms with Crippen molar-refractivity contribution >= 4 is 23.4 Å². The van der Waals surface area contributed by atoms with Crippen LogP contribution in [0.4, 0.5) is 10.1 Å². The molecule has 0 atom stereocenters. The number of carbonyl (C=O) groups is 1. The Labute approximate surface area is 197 Å². The Balaban J connectivity index is 1.49. The van der Waals surface area contributed by atoms with E-state index in [4.69, 9.17) is 4.74 Å². The van der Waals surface area contributed by atoms with Crippen molar-refractivity contribution in [2.24, 2.45) is 7.05 Å². The Bertz CT molecular complexity index is 1360. The normalized spacial score (nSPS) is 10.6. The summed E-state index contributed by atoms with van der Waals surface area (Å²) in [5.41, 5.74) is 0.437. The number of carbonyl (C=O) groups excluding carboxylic acids is 1. The van der Waals surface area contributed by atoms with Gasteiger partial charge in [-0.3, -0.25) is 14.9 Å². The molecule has 12 heteroatoms. The number of halogens is 1. The average molecular weight is 480 g/mol. The second-order valence-corrected chi connectivity index (χ2v) is 7.98. The fraction of sp³-hybridized carbons (Fsp3) is 0.0909. The maximum atomic E-state index is 13.4. The number of benzene rings is 2. The molecule has 2 heterocycles. The van der Waals surface area contributed by atoms with E-state index in [0.717, 1.165) is 11.8 Å². The third kappa shape index (κ3) is 5.35. The molecule has 2 aromatic carbocycles. The van der Waals surface area contributed by atoms with Crippen molar-refractivity contribution in [3.63, 3.8) is 0 Å². The molecule has 0 spiro atoms. The Morgan fingerprint density at radius 2 is 2.09 bits per heavy atom. The van der Waals surface area contributed by atoms with Gasteiger partial charge in [0.05, 0.1) is 9.82 Å². The SMILES string of the molecule is Cn1cnnc1Sc1ccc(C(=O)NCc2cccnc2Oc2cccc(F)c2)cc1[N+](=O)[O-]. The molecule has 0 aliphatic rings. The number of aryl methyl sites for hydroxylation is 1. The number of ether oxygens (including phenoxy) is 1. The molecule has 0 saturated heterocycles. The molecule has 34 heavy (non-hydrogen) atoms. The molecule has 0 aliphatic carbocycles. The lowest BCUT2D eigenvalue weighted by Gasteiger charge is -2.11. The van der Waals surface area contributed by atoms with E-state index in [1.165, 1.54) is 48.9 Å². The molecular weight excluding hydrogens is 463 g/mol. The molecular formula is C22H17FN6O4S. The van der Waals surface area contributed by atoms with Gasteiger partial charge in [-0.2, -0.15) is 0 Å². The maximum Gasteiger partial charge on any atom is 0.284 e. The van der Waals surface area contributed by atoms with Crippen LogP contribution in [0.25, 0.3) is 0 Å². The minimum absolute atomic E-state index is 0.0422. The number of nitro benzene ring substituents is 1. The summed E-state index contributed by atoms with van der Waals surface area (Å²) >= 11 is 1.07. The predicted octanol–water partition coefficient (Wildman–Crippen LogP) is 4.13. The zero-order valence-corrected chi connectivity index (χ0v) is 18.5. The van der Waals surface area contributed by atoms with E-state index in [1.54, 1.807) is 29.8 Å². The van der Waals surface area contributed by atoms with Gasteiger partial charge in [-0.1, -0.05) is 12.1 Å². The molecule has 1 amide bonds. The van der Waals surface area contributed by atoms with Gasteiger partial charge in [0, 0.05) is 43.0 Å². The summed E-state index contributed by atoms with van der Waals surface area (Å²) in [5, 5.41) is 22.4. The summed E-state index contributed by atoms with van der Waals surface area (Å²) in [6, 6.07) is 13.2. The second kappa shape index (κ2) is 10.1. The lowest BCUT2D eigenvalue weighted by Crippen LogP contribution is -2.23. The Morgan fingerprint density at radius 1 is 1.24 bits per heavy atom. The van der Waals surface area contributed by atoms with E-state index in [9.17, 15) is 19.3 Å². The van der Waals surface area contributed by atoms with E-state index in [-0.39, 0.29) is 29.4 Å². The van der Waals surface area contributed by atoms with Crippen LogP contribution in [0.3, 0.4) is 0 Å². The Hall–Kier alpha value is -4.32. The van der Waals surface area contributed by atoms with Gasteiger partial charge in [-0.05, 0) is 42.1 Å². The summed E-state index contributed by atoms with van der Waals surface area (Å²) in [7, 11) is 1.72. The first kappa shape index (κ1) is 22.9. The molecule has 4 aromatic rings. The third-order valence-electron chi connectivity index (χ3n) is 4.59. The lowest BCUT2D eigenvalue weighted by molar-refractivity contribution is -0.387. The molecule has 4 rings (SSSR count). The van der Waals surface area contributed by atoms with Gasteiger partial charge in [0.15, 0.2) is 5.16 Å². The smallest absolute Gasteiger partial charge is 0.284 e. The monoisotopic (exact) mass is 480 g/mol. The van der Waals surface area contributed by atoms with Crippen LogP contribution in [-0.4, -0.2) is 30.6 Å². The number of nitrogens with one attached hydrogen (secondary N) is 1. The molecule has 172 valence electrons. The number of aromatic nitrogens is 4. The fourth-order valence-corrected chi connectivity index (χ4v) is 3.77. The van der Waals surface area contributed by atoms with Crippen LogP contribution >= 0.6 is 11.8 Å². The third-order valence-corrected chi connectivity index (χ3v) is 5.71. The topological polar surface area (TPSA) is 125 Å². The van der Waals surface area contributed by atoms with Crippen LogP contribution in [0.2, 0.25) is 0 Å². The van der Waals surface area contributed by atoms with Gasteiger partial charge in [0.2, 0.25) is 5.88 Å². The first-order valence-electron chi connectivity index (χ1n) is 9.86. The van der Waals surface area contributed by atoms with Crippen LogP contribution in [0.5, 0.6) is 11.6 Å². The van der Waals surface area contributed by atoms with Crippen molar-refractivity contribution in [2.75, 3.05) is 0 Å². The quantitative estimate of drug-likeness (QED) is 0.295. The fourth-order valence-electron chi connectivity index (χ4n) is 2.92. The summed E-state index contributed by atoms with van der Waals surface area (Å²) in [4.78, 5) is 28.2.